The van der Waals surface area contributed by atoms with E-state index in [0.717, 1.165) is 24.7 Å². The number of hydrogen-bond donors (Lipinski definition) is 1. The fourth-order valence-electron chi connectivity index (χ4n) is 2.71. The summed E-state index contributed by atoms with van der Waals surface area (Å²) in [6, 6.07) is 6.47. The zero-order chi connectivity index (χ0) is 15.1. The number of nitrogens with one attached hydrogen (secondary N) is 1. The van der Waals surface area contributed by atoms with Crippen LogP contribution in [0.1, 0.15) is 37.8 Å². The molecule has 1 unspecified atom stereocenters. The molecule has 4 nitrogen and oxygen atoms in total. The normalized spacial score (nSPS) is 17.5. The molecule has 0 aromatic heterocycles. The Balaban J connectivity index is 1.89. The summed E-state index contributed by atoms with van der Waals surface area (Å²) in [6.07, 6.45) is 4.01. The van der Waals surface area contributed by atoms with Gasteiger partial charge in [-0.3, -0.25) is 4.90 Å². The van der Waals surface area contributed by atoms with E-state index in [-0.39, 0.29) is 0 Å². The summed E-state index contributed by atoms with van der Waals surface area (Å²) in [7, 11) is 3.65. The van der Waals surface area contributed by atoms with Gasteiger partial charge in [-0.1, -0.05) is 12.5 Å². The second-order valence-corrected chi connectivity index (χ2v) is 5.67. The number of methoxy groups -OCH3 is 1. The monoisotopic (exact) mass is 292 g/mol. The number of hydrogen-bond acceptors (Lipinski definition) is 4. The van der Waals surface area contributed by atoms with Gasteiger partial charge >= 0.3 is 0 Å². The minimum absolute atomic E-state index is 0.307. The van der Waals surface area contributed by atoms with Crippen molar-refractivity contribution in [1.29, 1.82) is 0 Å². The second kappa shape index (κ2) is 8.25. The Morgan fingerprint density at radius 3 is 2.62 bits per heavy atom. The zero-order valence-electron chi connectivity index (χ0n) is 13.5. The molecule has 1 N–H and O–H groups in total. The summed E-state index contributed by atoms with van der Waals surface area (Å²) in [5.41, 5.74) is 1.21. The van der Waals surface area contributed by atoms with E-state index in [4.69, 9.17) is 9.47 Å². The summed E-state index contributed by atoms with van der Waals surface area (Å²) in [4.78, 5) is 2.48. The van der Waals surface area contributed by atoms with Crippen LogP contribution in [0.15, 0.2) is 18.2 Å². The van der Waals surface area contributed by atoms with Crippen LogP contribution in [0.25, 0.3) is 0 Å². The maximum Gasteiger partial charge on any atom is 0.161 e. The molecule has 0 saturated carbocycles. The van der Waals surface area contributed by atoms with E-state index >= 15 is 0 Å². The molecule has 4 heteroatoms. The highest BCUT2D eigenvalue weighted by molar-refractivity contribution is 5.43. The standard InChI is InChI=1S/C17H28N2O2/c1-14(18-2)15-7-8-16(17(13-15)20-3)21-12-11-19-9-5-4-6-10-19/h7-8,13-14,18H,4-6,9-12H2,1-3H3. The molecule has 1 saturated heterocycles. The molecule has 1 aliphatic heterocycles. The van der Waals surface area contributed by atoms with Crippen LogP contribution in [0.2, 0.25) is 0 Å². The number of likely N-dealkylation sites (tertiary alicyclic amines) is 1. The minimum atomic E-state index is 0.307. The number of nitrogens with zero attached hydrogens (tertiary/aromatic N) is 1. The van der Waals surface area contributed by atoms with Gasteiger partial charge in [0.2, 0.25) is 0 Å². The predicted molar refractivity (Wildman–Crippen MR) is 86.3 cm³/mol. The molecular weight excluding hydrogens is 264 g/mol. The summed E-state index contributed by atoms with van der Waals surface area (Å²) < 4.78 is 11.4. The van der Waals surface area contributed by atoms with Crippen molar-refractivity contribution in [3.05, 3.63) is 23.8 Å². The van der Waals surface area contributed by atoms with Crippen LogP contribution in [0.4, 0.5) is 0 Å². The molecule has 0 aliphatic carbocycles. The molecular formula is C17H28N2O2. The van der Waals surface area contributed by atoms with Crippen molar-refractivity contribution in [2.24, 2.45) is 0 Å². The molecule has 0 amide bonds. The van der Waals surface area contributed by atoms with E-state index in [1.165, 1.54) is 37.9 Å². The minimum Gasteiger partial charge on any atom is -0.493 e. The lowest BCUT2D eigenvalue weighted by Crippen LogP contribution is -2.33. The summed E-state index contributed by atoms with van der Waals surface area (Å²) in [5.74, 6) is 1.65. The number of ether oxygens (including phenoxy) is 2. The van der Waals surface area contributed by atoms with Gasteiger partial charge < -0.3 is 14.8 Å². The van der Waals surface area contributed by atoms with E-state index in [1.807, 2.05) is 13.1 Å². The fourth-order valence-corrected chi connectivity index (χ4v) is 2.71. The first-order chi connectivity index (χ1) is 10.2. The van der Waals surface area contributed by atoms with Crippen molar-refractivity contribution in [3.63, 3.8) is 0 Å². The first kappa shape index (κ1) is 16.1. The van der Waals surface area contributed by atoms with E-state index in [0.29, 0.717) is 6.04 Å². The van der Waals surface area contributed by atoms with Crippen molar-refractivity contribution in [1.82, 2.24) is 10.2 Å². The van der Waals surface area contributed by atoms with Gasteiger partial charge in [-0.05, 0) is 57.6 Å². The average molecular weight is 292 g/mol. The molecule has 0 bridgehead atoms. The van der Waals surface area contributed by atoms with Gasteiger partial charge in [0.05, 0.1) is 7.11 Å². The highest BCUT2D eigenvalue weighted by atomic mass is 16.5. The Bertz CT molecular complexity index is 431. The SMILES string of the molecule is CNC(C)c1ccc(OCCN2CCCCC2)c(OC)c1. The van der Waals surface area contributed by atoms with Gasteiger partial charge in [-0.15, -0.1) is 0 Å². The highest BCUT2D eigenvalue weighted by Crippen LogP contribution is 2.30. The fraction of sp³-hybridized carbons (Fsp3) is 0.647. The smallest absolute Gasteiger partial charge is 0.161 e. The lowest BCUT2D eigenvalue weighted by Gasteiger charge is -2.26. The third-order valence-corrected chi connectivity index (χ3v) is 4.23. The Labute approximate surface area is 128 Å². The van der Waals surface area contributed by atoms with Gasteiger partial charge in [0.1, 0.15) is 6.61 Å². The van der Waals surface area contributed by atoms with Gasteiger partial charge in [0.25, 0.3) is 0 Å². The molecule has 1 atom stereocenters. The Morgan fingerprint density at radius 2 is 1.95 bits per heavy atom. The Hall–Kier alpha value is -1.26. The van der Waals surface area contributed by atoms with Crippen LogP contribution in [0, 0.1) is 0 Å². The summed E-state index contributed by atoms with van der Waals surface area (Å²) >= 11 is 0. The third kappa shape index (κ3) is 4.61. The molecule has 118 valence electrons. The van der Waals surface area contributed by atoms with Gasteiger partial charge in [0, 0.05) is 12.6 Å². The summed E-state index contributed by atoms with van der Waals surface area (Å²) in [6.45, 7) is 6.26. The Morgan fingerprint density at radius 1 is 1.19 bits per heavy atom. The summed E-state index contributed by atoms with van der Waals surface area (Å²) in [5, 5.41) is 3.24. The molecule has 1 fully saturated rings. The molecule has 1 aromatic carbocycles. The van der Waals surface area contributed by atoms with Crippen LogP contribution >= 0.6 is 0 Å². The average Bonchev–Trinajstić information content (AvgIpc) is 2.55. The van der Waals surface area contributed by atoms with Crippen LogP contribution < -0.4 is 14.8 Å². The lowest BCUT2D eigenvalue weighted by molar-refractivity contribution is 0.180. The highest BCUT2D eigenvalue weighted by Gasteiger charge is 2.12. The van der Waals surface area contributed by atoms with Gasteiger partial charge in [0.15, 0.2) is 11.5 Å². The van der Waals surface area contributed by atoms with Crippen molar-refractivity contribution >= 4 is 0 Å². The van der Waals surface area contributed by atoms with Gasteiger partial charge in [-0.25, -0.2) is 0 Å². The number of piperidine rings is 1. The zero-order valence-corrected chi connectivity index (χ0v) is 13.5. The Kier molecular flexibility index (Phi) is 6.33. The van der Waals surface area contributed by atoms with Crippen LogP contribution in [0.3, 0.4) is 0 Å². The molecule has 2 rings (SSSR count). The maximum absolute atomic E-state index is 5.91. The van der Waals surface area contributed by atoms with Crippen molar-refractivity contribution in [3.8, 4) is 11.5 Å². The van der Waals surface area contributed by atoms with Gasteiger partial charge in [-0.2, -0.15) is 0 Å². The third-order valence-electron chi connectivity index (χ3n) is 4.23. The largest absolute Gasteiger partial charge is 0.493 e. The molecule has 0 spiro atoms. The molecule has 1 aliphatic rings. The van der Waals surface area contributed by atoms with E-state index in [2.05, 4.69) is 29.3 Å². The van der Waals surface area contributed by atoms with E-state index in [9.17, 15) is 0 Å². The van der Waals surface area contributed by atoms with Crippen molar-refractivity contribution < 1.29 is 9.47 Å². The van der Waals surface area contributed by atoms with Crippen molar-refractivity contribution in [2.45, 2.75) is 32.2 Å². The quantitative estimate of drug-likeness (QED) is 0.838. The first-order valence-electron chi connectivity index (χ1n) is 7.95. The molecule has 21 heavy (non-hydrogen) atoms. The van der Waals surface area contributed by atoms with E-state index in [1.54, 1.807) is 7.11 Å². The van der Waals surface area contributed by atoms with Crippen LogP contribution in [0.5, 0.6) is 11.5 Å². The van der Waals surface area contributed by atoms with E-state index < -0.39 is 0 Å². The number of rotatable bonds is 7. The molecule has 1 aromatic rings. The molecule has 1 heterocycles. The maximum atomic E-state index is 5.91. The van der Waals surface area contributed by atoms with Crippen molar-refractivity contribution in [2.75, 3.05) is 40.4 Å². The molecule has 0 radical (unpaired) electrons. The van der Waals surface area contributed by atoms with Crippen LogP contribution in [-0.2, 0) is 0 Å². The second-order valence-electron chi connectivity index (χ2n) is 5.67. The predicted octanol–water partition coefficient (Wildman–Crippen LogP) is 2.84. The lowest BCUT2D eigenvalue weighted by atomic mass is 10.1. The first-order valence-corrected chi connectivity index (χ1v) is 7.95. The topological polar surface area (TPSA) is 33.7 Å². The number of benzene rings is 1. The van der Waals surface area contributed by atoms with Crippen LogP contribution in [-0.4, -0.2) is 45.3 Å².